The van der Waals surface area contributed by atoms with Gasteiger partial charge < -0.3 is 15.2 Å². The maximum Gasteiger partial charge on any atom is 0.119 e. The monoisotopic (exact) mass is 297 g/mol. The number of aliphatic hydroxyl groups is 1. The second kappa shape index (κ2) is 6.51. The van der Waals surface area contributed by atoms with Crippen molar-refractivity contribution in [3.05, 3.63) is 65.2 Å². The molecule has 2 atom stereocenters. The van der Waals surface area contributed by atoms with E-state index in [1.807, 2.05) is 38.1 Å². The van der Waals surface area contributed by atoms with Crippen LogP contribution < -0.4 is 10.1 Å². The average Bonchev–Trinajstić information content (AvgIpc) is 2.81. The van der Waals surface area contributed by atoms with E-state index in [1.54, 1.807) is 0 Å². The summed E-state index contributed by atoms with van der Waals surface area (Å²) in [5.74, 6) is 0.894. The number of benzene rings is 2. The van der Waals surface area contributed by atoms with E-state index in [0.717, 1.165) is 18.7 Å². The summed E-state index contributed by atoms with van der Waals surface area (Å²) in [6.07, 6.45) is 0.574. The molecule has 0 fully saturated rings. The average molecular weight is 297 g/mol. The molecule has 0 heterocycles. The van der Waals surface area contributed by atoms with Gasteiger partial charge in [0.15, 0.2) is 0 Å². The fraction of sp³-hybridized carbons (Fsp3) is 0.368. The predicted octanol–water partition coefficient (Wildman–Crippen LogP) is 3.22. The van der Waals surface area contributed by atoms with Gasteiger partial charge in [-0.05, 0) is 42.7 Å². The second-order valence-electron chi connectivity index (χ2n) is 6.14. The van der Waals surface area contributed by atoms with Gasteiger partial charge in [0, 0.05) is 13.0 Å². The highest BCUT2D eigenvalue weighted by atomic mass is 16.5. The number of aliphatic hydroxyl groups excluding tert-OH is 1. The van der Waals surface area contributed by atoms with E-state index >= 15 is 0 Å². The molecule has 3 heteroatoms. The minimum atomic E-state index is -0.346. The Morgan fingerprint density at radius 1 is 1.14 bits per heavy atom. The zero-order chi connectivity index (χ0) is 15.5. The molecule has 0 aliphatic heterocycles. The molecule has 2 aromatic rings. The summed E-state index contributed by atoms with van der Waals surface area (Å²) in [4.78, 5) is 0. The Kier molecular flexibility index (Phi) is 4.46. The molecule has 0 saturated heterocycles. The van der Waals surface area contributed by atoms with Gasteiger partial charge in [-0.1, -0.05) is 36.4 Å². The lowest BCUT2D eigenvalue weighted by Crippen LogP contribution is -2.28. The molecular weight excluding hydrogens is 274 g/mol. The van der Waals surface area contributed by atoms with Gasteiger partial charge in [-0.25, -0.2) is 0 Å². The van der Waals surface area contributed by atoms with Crippen LogP contribution in [0.1, 0.15) is 36.6 Å². The molecule has 0 radical (unpaired) electrons. The molecule has 1 aliphatic carbocycles. The molecule has 3 rings (SSSR count). The van der Waals surface area contributed by atoms with Crippen LogP contribution in [0, 0.1) is 0 Å². The van der Waals surface area contributed by atoms with Crippen molar-refractivity contribution < 1.29 is 9.84 Å². The first-order valence-corrected chi connectivity index (χ1v) is 7.88. The number of fused-ring (bicyclic) bond motifs is 1. The Balaban J connectivity index is 1.63. The number of ether oxygens (including phenoxy) is 1. The van der Waals surface area contributed by atoms with Crippen molar-refractivity contribution in [1.82, 2.24) is 5.32 Å². The summed E-state index contributed by atoms with van der Waals surface area (Å²) in [7, 11) is 0. The molecule has 116 valence electrons. The van der Waals surface area contributed by atoms with Crippen LogP contribution in [-0.4, -0.2) is 17.3 Å². The highest BCUT2D eigenvalue weighted by molar-refractivity contribution is 5.36. The summed E-state index contributed by atoms with van der Waals surface area (Å²) in [5.41, 5.74) is 3.65. The van der Waals surface area contributed by atoms with E-state index < -0.39 is 0 Å². The molecule has 0 spiro atoms. The predicted molar refractivity (Wildman–Crippen MR) is 87.9 cm³/mol. The van der Waals surface area contributed by atoms with Crippen molar-refractivity contribution >= 4 is 0 Å². The standard InChI is InChI=1S/C19H23NO2/c1-13(2)22-16-9-7-14(8-10-16)12-20-19-17-6-4-3-5-15(17)11-18(19)21/h3-10,13,18-21H,11-12H2,1-2H3/t18-,19+/m0/s1. The van der Waals surface area contributed by atoms with Crippen LogP contribution >= 0.6 is 0 Å². The second-order valence-corrected chi connectivity index (χ2v) is 6.14. The highest BCUT2D eigenvalue weighted by Gasteiger charge is 2.29. The largest absolute Gasteiger partial charge is 0.491 e. The van der Waals surface area contributed by atoms with Crippen molar-refractivity contribution in [2.45, 2.75) is 45.1 Å². The molecular formula is C19H23NO2. The quantitative estimate of drug-likeness (QED) is 0.890. The Morgan fingerprint density at radius 2 is 1.86 bits per heavy atom. The molecule has 2 aromatic carbocycles. The van der Waals surface area contributed by atoms with E-state index in [9.17, 15) is 5.11 Å². The first kappa shape index (κ1) is 15.1. The molecule has 2 N–H and O–H groups in total. The lowest BCUT2D eigenvalue weighted by atomic mass is 10.1. The molecule has 0 saturated carbocycles. The minimum absolute atomic E-state index is 0.0165. The first-order valence-electron chi connectivity index (χ1n) is 7.88. The van der Waals surface area contributed by atoms with Crippen LogP contribution in [0.3, 0.4) is 0 Å². The maximum atomic E-state index is 10.2. The minimum Gasteiger partial charge on any atom is -0.491 e. The topological polar surface area (TPSA) is 41.5 Å². The third kappa shape index (κ3) is 3.32. The highest BCUT2D eigenvalue weighted by Crippen LogP contribution is 2.31. The van der Waals surface area contributed by atoms with E-state index in [4.69, 9.17) is 4.74 Å². The van der Waals surface area contributed by atoms with E-state index in [2.05, 4.69) is 29.6 Å². The van der Waals surface area contributed by atoms with Crippen molar-refractivity contribution in [3.8, 4) is 5.75 Å². The zero-order valence-corrected chi connectivity index (χ0v) is 13.1. The first-order chi connectivity index (χ1) is 10.6. The van der Waals surface area contributed by atoms with Gasteiger partial charge in [-0.3, -0.25) is 0 Å². The van der Waals surface area contributed by atoms with Crippen LogP contribution in [0.2, 0.25) is 0 Å². The van der Waals surface area contributed by atoms with E-state index in [-0.39, 0.29) is 18.2 Å². The van der Waals surface area contributed by atoms with Gasteiger partial charge in [0.1, 0.15) is 5.75 Å². The van der Waals surface area contributed by atoms with E-state index in [1.165, 1.54) is 16.7 Å². The molecule has 3 nitrogen and oxygen atoms in total. The Hall–Kier alpha value is -1.84. The van der Waals surface area contributed by atoms with Gasteiger partial charge >= 0.3 is 0 Å². The number of hydrogen-bond acceptors (Lipinski definition) is 3. The summed E-state index contributed by atoms with van der Waals surface area (Å²) in [5, 5.41) is 13.7. The SMILES string of the molecule is CC(C)Oc1ccc(CN[C@@H]2c3ccccc3C[C@@H]2O)cc1. The fourth-order valence-corrected chi connectivity index (χ4v) is 3.01. The summed E-state index contributed by atoms with van der Waals surface area (Å²) in [6.45, 7) is 4.78. The third-order valence-corrected chi connectivity index (χ3v) is 4.03. The molecule has 0 bridgehead atoms. The summed E-state index contributed by atoms with van der Waals surface area (Å²) in [6, 6.07) is 16.4. The van der Waals surface area contributed by atoms with E-state index in [0.29, 0.717) is 0 Å². The Morgan fingerprint density at radius 3 is 2.59 bits per heavy atom. The lowest BCUT2D eigenvalue weighted by molar-refractivity contribution is 0.140. The van der Waals surface area contributed by atoms with Crippen molar-refractivity contribution in [1.29, 1.82) is 0 Å². The summed E-state index contributed by atoms with van der Waals surface area (Å²) >= 11 is 0. The number of nitrogens with one attached hydrogen (secondary N) is 1. The summed E-state index contributed by atoms with van der Waals surface area (Å²) < 4.78 is 5.65. The molecule has 0 aromatic heterocycles. The van der Waals surface area contributed by atoms with Crippen LogP contribution in [0.15, 0.2) is 48.5 Å². The van der Waals surface area contributed by atoms with Gasteiger partial charge in [0.25, 0.3) is 0 Å². The molecule has 22 heavy (non-hydrogen) atoms. The van der Waals surface area contributed by atoms with Gasteiger partial charge in [-0.2, -0.15) is 0 Å². The Bertz CT molecular complexity index is 622. The zero-order valence-electron chi connectivity index (χ0n) is 13.1. The van der Waals surface area contributed by atoms with Crippen LogP contribution in [-0.2, 0) is 13.0 Å². The third-order valence-electron chi connectivity index (χ3n) is 4.03. The lowest BCUT2D eigenvalue weighted by Gasteiger charge is -2.18. The smallest absolute Gasteiger partial charge is 0.119 e. The van der Waals surface area contributed by atoms with Crippen molar-refractivity contribution in [3.63, 3.8) is 0 Å². The van der Waals surface area contributed by atoms with Crippen LogP contribution in [0.4, 0.5) is 0 Å². The molecule has 0 amide bonds. The Labute approximate surface area is 131 Å². The molecule has 0 unspecified atom stereocenters. The maximum absolute atomic E-state index is 10.2. The fourth-order valence-electron chi connectivity index (χ4n) is 3.01. The van der Waals surface area contributed by atoms with Crippen LogP contribution in [0.5, 0.6) is 5.75 Å². The van der Waals surface area contributed by atoms with Crippen molar-refractivity contribution in [2.24, 2.45) is 0 Å². The van der Waals surface area contributed by atoms with Crippen LogP contribution in [0.25, 0.3) is 0 Å². The molecule has 1 aliphatic rings. The van der Waals surface area contributed by atoms with Gasteiger partial charge in [-0.15, -0.1) is 0 Å². The number of hydrogen-bond donors (Lipinski definition) is 2. The number of rotatable bonds is 5. The normalized spacial score (nSPS) is 20.2. The van der Waals surface area contributed by atoms with Gasteiger partial charge in [0.05, 0.1) is 18.2 Å². The van der Waals surface area contributed by atoms with Gasteiger partial charge in [0.2, 0.25) is 0 Å². The van der Waals surface area contributed by atoms with Crippen molar-refractivity contribution in [2.75, 3.05) is 0 Å².